The summed E-state index contributed by atoms with van der Waals surface area (Å²) in [5, 5.41) is 0. The van der Waals surface area contributed by atoms with Crippen LogP contribution in [-0.2, 0) is 4.79 Å². The largest absolute Gasteiger partial charge is 0.269 e. The molecule has 1 heterocycles. The van der Waals surface area contributed by atoms with Crippen LogP contribution in [-0.4, -0.2) is 12.1 Å². The van der Waals surface area contributed by atoms with Gasteiger partial charge in [-0.2, -0.15) is 0 Å². The number of aliphatic imine (C=N–C) groups is 1. The van der Waals surface area contributed by atoms with Gasteiger partial charge in [0.25, 0.3) is 5.91 Å². The van der Waals surface area contributed by atoms with Crippen molar-refractivity contribution in [2.24, 2.45) is 4.99 Å². The van der Waals surface area contributed by atoms with Gasteiger partial charge in [0.15, 0.2) is 0 Å². The molecule has 0 saturated carbocycles. The van der Waals surface area contributed by atoms with Gasteiger partial charge in [-0.25, -0.2) is 4.99 Å². The number of dihydropyridines is 1. The first-order valence-corrected chi connectivity index (χ1v) is 4.59. The van der Waals surface area contributed by atoms with Crippen molar-refractivity contribution in [2.75, 3.05) is 0 Å². The first-order valence-electron chi connectivity index (χ1n) is 4.59. The van der Waals surface area contributed by atoms with Crippen molar-refractivity contribution in [1.29, 1.82) is 0 Å². The van der Waals surface area contributed by atoms with E-state index in [0.717, 1.165) is 0 Å². The van der Waals surface area contributed by atoms with Crippen molar-refractivity contribution < 1.29 is 4.79 Å². The third-order valence-corrected chi connectivity index (χ3v) is 2.36. The number of hydrogen-bond donors (Lipinski definition) is 0. The van der Waals surface area contributed by atoms with Gasteiger partial charge in [-0.15, -0.1) is 0 Å². The van der Waals surface area contributed by atoms with Crippen molar-refractivity contribution in [3.8, 4) is 0 Å². The molecular formula is C12H11NO. The van der Waals surface area contributed by atoms with Gasteiger partial charge < -0.3 is 0 Å². The summed E-state index contributed by atoms with van der Waals surface area (Å²) in [7, 11) is 0. The van der Waals surface area contributed by atoms with E-state index in [1.165, 1.54) is 17.2 Å². The van der Waals surface area contributed by atoms with Crippen molar-refractivity contribution in [1.82, 2.24) is 0 Å². The summed E-state index contributed by atoms with van der Waals surface area (Å²) in [4.78, 5) is 14.6. The van der Waals surface area contributed by atoms with Gasteiger partial charge >= 0.3 is 0 Å². The number of nitrogens with zero attached hydrogens (tertiary/aromatic N) is 1. The number of allylic oxidation sites excluding steroid dienone is 1. The van der Waals surface area contributed by atoms with Crippen LogP contribution in [0.25, 0.3) is 0 Å². The summed E-state index contributed by atoms with van der Waals surface area (Å²) in [6.45, 7) is 2.06. The second-order valence-electron chi connectivity index (χ2n) is 3.36. The molecule has 70 valence electrons. The van der Waals surface area contributed by atoms with Crippen LogP contribution in [0.4, 0.5) is 0 Å². The summed E-state index contributed by atoms with van der Waals surface area (Å²) in [6, 6.07) is 8.13. The van der Waals surface area contributed by atoms with Crippen LogP contribution >= 0.6 is 0 Å². The summed E-state index contributed by atoms with van der Waals surface area (Å²) >= 11 is 0. The van der Waals surface area contributed by atoms with Gasteiger partial charge in [0.2, 0.25) is 0 Å². The van der Waals surface area contributed by atoms with Crippen LogP contribution in [0.15, 0.2) is 41.4 Å². The maximum absolute atomic E-state index is 10.8. The molecule has 1 atom stereocenters. The lowest BCUT2D eigenvalue weighted by atomic mass is 9.94. The Balaban J connectivity index is 2.33. The van der Waals surface area contributed by atoms with E-state index in [0.29, 0.717) is 0 Å². The minimum absolute atomic E-state index is 0.147. The topological polar surface area (TPSA) is 29.4 Å². The quantitative estimate of drug-likeness (QED) is 0.659. The molecule has 1 amide bonds. The zero-order chi connectivity index (χ0) is 9.97. The fourth-order valence-electron chi connectivity index (χ4n) is 1.58. The first-order chi connectivity index (χ1) is 6.77. The minimum atomic E-state index is -0.171. The van der Waals surface area contributed by atoms with Crippen molar-refractivity contribution >= 4 is 12.1 Å². The lowest BCUT2D eigenvalue weighted by molar-refractivity contribution is -0.113. The van der Waals surface area contributed by atoms with Gasteiger partial charge in [0.05, 0.1) is 0 Å². The van der Waals surface area contributed by atoms with E-state index in [-0.39, 0.29) is 11.8 Å². The smallest absolute Gasteiger partial charge is 0.268 e. The molecule has 0 radical (unpaired) electrons. The number of rotatable bonds is 1. The second-order valence-corrected chi connectivity index (χ2v) is 3.36. The Kier molecular flexibility index (Phi) is 2.27. The minimum Gasteiger partial charge on any atom is -0.268 e. The van der Waals surface area contributed by atoms with Gasteiger partial charge in [-0.3, -0.25) is 4.79 Å². The lowest BCUT2D eigenvalue weighted by Crippen LogP contribution is -2.05. The van der Waals surface area contributed by atoms with Gasteiger partial charge in [-0.1, -0.05) is 30.3 Å². The highest BCUT2D eigenvalue weighted by Crippen LogP contribution is 2.21. The molecule has 0 fully saturated rings. The number of amides is 1. The highest BCUT2D eigenvalue weighted by molar-refractivity contribution is 5.98. The molecule has 14 heavy (non-hydrogen) atoms. The Bertz CT molecular complexity index is 402. The Morgan fingerprint density at radius 2 is 2.07 bits per heavy atom. The molecule has 1 aromatic carbocycles. The molecule has 0 bridgehead atoms. The predicted octanol–water partition coefficient (Wildman–Crippen LogP) is 2.25. The van der Waals surface area contributed by atoms with E-state index in [9.17, 15) is 4.79 Å². The molecule has 1 aliphatic rings. The number of benzene rings is 1. The third-order valence-electron chi connectivity index (χ3n) is 2.36. The van der Waals surface area contributed by atoms with E-state index in [1.807, 2.05) is 18.2 Å². The average Bonchev–Trinajstić information content (AvgIpc) is 2.20. The van der Waals surface area contributed by atoms with Crippen molar-refractivity contribution in [3.05, 3.63) is 47.5 Å². The Morgan fingerprint density at radius 3 is 2.71 bits per heavy atom. The Morgan fingerprint density at radius 1 is 1.29 bits per heavy atom. The van der Waals surface area contributed by atoms with Gasteiger partial charge in [-0.05, 0) is 18.1 Å². The standard InChI is InChI=1S/C12H11NO/c1-9-4-2-3-5-11(9)10-6-7-12(14)13-8-10/h2-8,10H,1H3. The molecule has 2 heteroatoms. The zero-order valence-electron chi connectivity index (χ0n) is 7.97. The molecule has 0 aromatic heterocycles. The SMILES string of the molecule is Cc1ccccc1C1C=CC(=O)N=C1. The molecule has 1 aliphatic heterocycles. The number of carbonyl (C=O) groups excluding carboxylic acids is 1. The van der Waals surface area contributed by atoms with Crippen molar-refractivity contribution in [2.45, 2.75) is 12.8 Å². The molecule has 0 aliphatic carbocycles. The number of aryl methyl sites for hydroxylation is 1. The van der Waals surface area contributed by atoms with Crippen LogP contribution in [0.3, 0.4) is 0 Å². The summed E-state index contributed by atoms with van der Waals surface area (Å²) < 4.78 is 0. The van der Waals surface area contributed by atoms with E-state index < -0.39 is 0 Å². The molecule has 0 spiro atoms. The molecule has 0 N–H and O–H groups in total. The maximum atomic E-state index is 10.8. The van der Waals surface area contributed by atoms with E-state index in [1.54, 1.807) is 6.21 Å². The molecule has 0 saturated heterocycles. The van der Waals surface area contributed by atoms with Crippen LogP contribution in [0.5, 0.6) is 0 Å². The number of carbonyl (C=O) groups is 1. The fraction of sp³-hybridized carbons (Fsp3) is 0.167. The maximum Gasteiger partial charge on any atom is 0.269 e. The normalized spacial score (nSPS) is 20.1. The molecule has 1 aromatic rings. The Hall–Kier alpha value is -1.70. The molecule has 2 nitrogen and oxygen atoms in total. The summed E-state index contributed by atoms with van der Waals surface area (Å²) in [6.07, 6.45) is 5.11. The lowest BCUT2D eigenvalue weighted by Gasteiger charge is -2.12. The summed E-state index contributed by atoms with van der Waals surface area (Å²) in [5.74, 6) is -0.0243. The zero-order valence-corrected chi connectivity index (χ0v) is 7.97. The highest BCUT2D eigenvalue weighted by atomic mass is 16.1. The Labute approximate surface area is 83.0 Å². The van der Waals surface area contributed by atoms with Crippen LogP contribution in [0.1, 0.15) is 17.0 Å². The van der Waals surface area contributed by atoms with E-state index in [4.69, 9.17) is 0 Å². The second kappa shape index (κ2) is 3.58. The predicted molar refractivity (Wildman–Crippen MR) is 56.6 cm³/mol. The molecular weight excluding hydrogens is 174 g/mol. The van der Waals surface area contributed by atoms with Gasteiger partial charge in [0, 0.05) is 18.2 Å². The average molecular weight is 185 g/mol. The van der Waals surface area contributed by atoms with E-state index in [2.05, 4.69) is 24.0 Å². The van der Waals surface area contributed by atoms with E-state index >= 15 is 0 Å². The number of hydrogen-bond acceptors (Lipinski definition) is 1. The van der Waals surface area contributed by atoms with Crippen LogP contribution in [0.2, 0.25) is 0 Å². The van der Waals surface area contributed by atoms with Crippen LogP contribution in [0, 0.1) is 6.92 Å². The van der Waals surface area contributed by atoms with Crippen molar-refractivity contribution in [3.63, 3.8) is 0 Å². The first kappa shape index (κ1) is 8.88. The van der Waals surface area contributed by atoms with Crippen LogP contribution < -0.4 is 0 Å². The monoisotopic (exact) mass is 185 g/mol. The summed E-state index contributed by atoms with van der Waals surface area (Å²) in [5.41, 5.74) is 2.43. The molecule has 2 rings (SSSR count). The fourth-order valence-corrected chi connectivity index (χ4v) is 1.58. The molecule has 1 unspecified atom stereocenters. The highest BCUT2D eigenvalue weighted by Gasteiger charge is 2.11. The van der Waals surface area contributed by atoms with Gasteiger partial charge in [0.1, 0.15) is 0 Å². The third kappa shape index (κ3) is 1.64.